The van der Waals surface area contributed by atoms with Crippen LogP contribution in [0.2, 0.25) is 0 Å². The van der Waals surface area contributed by atoms with Crippen LogP contribution < -0.4 is 5.32 Å². The Morgan fingerprint density at radius 2 is 2.04 bits per heavy atom. The van der Waals surface area contributed by atoms with E-state index in [1.807, 2.05) is 0 Å². The van der Waals surface area contributed by atoms with Crippen LogP contribution in [-0.2, 0) is 5.75 Å². The van der Waals surface area contributed by atoms with Gasteiger partial charge in [0.15, 0.2) is 4.34 Å². The van der Waals surface area contributed by atoms with E-state index in [1.54, 1.807) is 30.5 Å². The summed E-state index contributed by atoms with van der Waals surface area (Å²) in [6, 6.07) is 9.69. The summed E-state index contributed by atoms with van der Waals surface area (Å²) in [6.45, 7) is 0. The molecule has 0 unspecified atom stereocenters. The minimum absolute atomic E-state index is 0.0602. The number of nitrogens with one attached hydrogen (secondary N) is 1. The topological polar surface area (TPSA) is 111 Å². The molecule has 3 aromatic rings. The van der Waals surface area contributed by atoms with Crippen molar-refractivity contribution in [1.82, 2.24) is 15.2 Å². The number of benzene rings is 1. The molecule has 10 heteroatoms. The number of nitrogens with zero attached hydrogens (tertiary/aromatic N) is 4. The number of rotatable bonds is 6. The molecule has 126 valence electrons. The molecule has 1 amide bonds. The zero-order valence-electron chi connectivity index (χ0n) is 12.7. The third kappa shape index (κ3) is 4.58. The van der Waals surface area contributed by atoms with Gasteiger partial charge in [0, 0.05) is 30.3 Å². The third-order valence-corrected chi connectivity index (χ3v) is 5.10. The second-order valence-electron chi connectivity index (χ2n) is 4.78. The quantitative estimate of drug-likeness (QED) is 0.305. The maximum atomic E-state index is 12.0. The lowest BCUT2D eigenvalue weighted by Crippen LogP contribution is -2.11. The number of nitro benzene ring substituents is 1. The van der Waals surface area contributed by atoms with Gasteiger partial charge in [0.05, 0.1) is 10.5 Å². The van der Waals surface area contributed by atoms with Gasteiger partial charge in [-0.15, -0.1) is 10.2 Å². The first-order chi connectivity index (χ1) is 12.1. The van der Waals surface area contributed by atoms with E-state index >= 15 is 0 Å². The lowest BCUT2D eigenvalue weighted by molar-refractivity contribution is -0.384. The van der Waals surface area contributed by atoms with E-state index < -0.39 is 4.92 Å². The molecular weight excluding hydrogens is 362 g/mol. The highest BCUT2D eigenvalue weighted by Crippen LogP contribution is 2.29. The first kappa shape index (κ1) is 17.0. The molecule has 0 fully saturated rings. The van der Waals surface area contributed by atoms with Crippen LogP contribution >= 0.6 is 23.1 Å². The van der Waals surface area contributed by atoms with E-state index in [1.165, 1.54) is 41.4 Å². The van der Waals surface area contributed by atoms with Crippen molar-refractivity contribution in [3.05, 3.63) is 70.0 Å². The van der Waals surface area contributed by atoms with Crippen LogP contribution in [0, 0.1) is 10.1 Å². The van der Waals surface area contributed by atoms with Crippen molar-refractivity contribution in [3.63, 3.8) is 0 Å². The van der Waals surface area contributed by atoms with Gasteiger partial charge in [-0.25, -0.2) is 0 Å². The molecule has 0 bridgehead atoms. The summed E-state index contributed by atoms with van der Waals surface area (Å²) in [6.07, 6.45) is 3.06. The molecule has 1 N–H and O–H groups in total. The van der Waals surface area contributed by atoms with Crippen LogP contribution in [0.1, 0.15) is 15.9 Å². The van der Waals surface area contributed by atoms with Gasteiger partial charge in [-0.3, -0.25) is 25.2 Å². The lowest BCUT2D eigenvalue weighted by Gasteiger charge is -1.99. The maximum absolute atomic E-state index is 12.0. The van der Waals surface area contributed by atoms with E-state index in [2.05, 4.69) is 20.5 Å². The smallest absolute Gasteiger partial charge is 0.269 e. The normalized spacial score (nSPS) is 10.4. The molecule has 1 aromatic carbocycles. The predicted molar refractivity (Wildman–Crippen MR) is 94.8 cm³/mol. The van der Waals surface area contributed by atoms with Gasteiger partial charge in [0.2, 0.25) is 5.13 Å². The minimum Gasteiger partial charge on any atom is -0.296 e. The van der Waals surface area contributed by atoms with Crippen molar-refractivity contribution < 1.29 is 9.72 Å². The summed E-state index contributed by atoms with van der Waals surface area (Å²) in [7, 11) is 0. The molecule has 8 nitrogen and oxygen atoms in total. The number of carbonyl (C=O) groups excluding carboxylic acids is 1. The van der Waals surface area contributed by atoms with Gasteiger partial charge < -0.3 is 0 Å². The standard InChI is InChI=1S/C15H11N5O3S2/c21-13(11-2-1-7-16-8-11)17-14-18-19-15(25-14)24-9-10-3-5-12(6-4-10)20(22)23/h1-8H,9H2,(H,17,18,21). The first-order valence-electron chi connectivity index (χ1n) is 7.03. The number of non-ortho nitro benzene ring substituents is 1. The fourth-order valence-electron chi connectivity index (χ4n) is 1.84. The van der Waals surface area contributed by atoms with Gasteiger partial charge in [-0.2, -0.15) is 0 Å². The van der Waals surface area contributed by atoms with Crippen LogP contribution in [0.4, 0.5) is 10.8 Å². The van der Waals surface area contributed by atoms with Crippen LogP contribution in [0.3, 0.4) is 0 Å². The number of anilines is 1. The zero-order valence-corrected chi connectivity index (χ0v) is 14.3. The maximum Gasteiger partial charge on any atom is 0.269 e. The second kappa shape index (κ2) is 7.81. The molecule has 0 aliphatic carbocycles. The number of hydrogen-bond donors (Lipinski definition) is 1. The lowest BCUT2D eigenvalue weighted by atomic mass is 10.2. The molecule has 25 heavy (non-hydrogen) atoms. The Morgan fingerprint density at radius 1 is 1.24 bits per heavy atom. The van der Waals surface area contributed by atoms with Gasteiger partial charge >= 0.3 is 0 Å². The van der Waals surface area contributed by atoms with E-state index in [-0.39, 0.29) is 11.6 Å². The van der Waals surface area contributed by atoms with Crippen LogP contribution in [0.15, 0.2) is 53.1 Å². The van der Waals surface area contributed by atoms with Gasteiger partial charge in [-0.05, 0) is 17.7 Å². The number of hydrogen-bond acceptors (Lipinski definition) is 8. The van der Waals surface area contributed by atoms with Crippen molar-refractivity contribution in [2.45, 2.75) is 10.1 Å². The Morgan fingerprint density at radius 3 is 2.72 bits per heavy atom. The van der Waals surface area contributed by atoms with Crippen molar-refractivity contribution in [2.24, 2.45) is 0 Å². The minimum atomic E-state index is -0.432. The fourth-order valence-corrected chi connectivity index (χ4v) is 3.55. The molecule has 2 aromatic heterocycles. The highest BCUT2D eigenvalue weighted by Gasteiger charge is 2.11. The highest BCUT2D eigenvalue weighted by atomic mass is 32.2. The Labute approximate surface area is 150 Å². The summed E-state index contributed by atoms with van der Waals surface area (Å²) in [4.78, 5) is 26.1. The Hall–Kier alpha value is -2.85. The molecule has 3 rings (SSSR count). The zero-order chi connectivity index (χ0) is 17.6. The van der Waals surface area contributed by atoms with E-state index in [0.29, 0.717) is 20.8 Å². The van der Waals surface area contributed by atoms with Crippen molar-refractivity contribution in [1.29, 1.82) is 0 Å². The summed E-state index contributed by atoms with van der Waals surface area (Å²) in [5.41, 5.74) is 1.44. The molecule has 0 saturated carbocycles. The Kier molecular flexibility index (Phi) is 5.31. The SMILES string of the molecule is O=C(Nc1nnc(SCc2ccc([N+](=O)[O-])cc2)s1)c1cccnc1. The van der Waals surface area contributed by atoms with Gasteiger partial charge in [-0.1, -0.05) is 35.2 Å². The molecule has 0 saturated heterocycles. The summed E-state index contributed by atoms with van der Waals surface area (Å²) in [5.74, 6) is 0.305. The second-order valence-corrected chi connectivity index (χ2v) is 6.98. The van der Waals surface area contributed by atoms with Gasteiger partial charge in [0.25, 0.3) is 11.6 Å². The molecular formula is C15H11N5O3S2. The number of amides is 1. The Balaban J connectivity index is 1.56. The predicted octanol–water partition coefficient (Wildman–Crippen LogP) is 3.39. The Bertz CT molecular complexity index is 884. The summed E-state index contributed by atoms with van der Waals surface area (Å²) < 4.78 is 0.694. The van der Waals surface area contributed by atoms with Crippen LogP contribution in [0.5, 0.6) is 0 Å². The largest absolute Gasteiger partial charge is 0.296 e. The molecule has 0 radical (unpaired) electrons. The van der Waals surface area contributed by atoms with E-state index in [9.17, 15) is 14.9 Å². The summed E-state index contributed by atoms with van der Waals surface area (Å²) >= 11 is 2.71. The van der Waals surface area contributed by atoms with E-state index in [4.69, 9.17) is 0 Å². The van der Waals surface area contributed by atoms with Crippen LogP contribution in [0.25, 0.3) is 0 Å². The first-order valence-corrected chi connectivity index (χ1v) is 8.83. The molecule has 0 atom stereocenters. The highest BCUT2D eigenvalue weighted by molar-refractivity contribution is 8.00. The summed E-state index contributed by atoms with van der Waals surface area (Å²) in [5, 5.41) is 21.7. The molecule has 0 aliphatic heterocycles. The van der Waals surface area contributed by atoms with Crippen molar-refractivity contribution >= 4 is 39.8 Å². The number of aromatic nitrogens is 3. The molecule has 2 heterocycles. The number of thioether (sulfide) groups is 1. The number of carbonyl (C=O) groups is 1. The number of pyridine rings is 1. The average molecular weight is 373 g/mol. The number of nitro groups is 1. The third-order valence-electron chi connectivity index (χ3n) is 3.06. The van der Waals surface area contributed by atoms with E-state index in [0.717, 1.165) is 5.56 Å². The van der Waals surface area contributed by atoms with Crippen molar-refractivity contribution in [3.8, 4) is 0 Å². The van der Waals surface area contributed by atoms with Gasteiger partial charge in [0.1, 0.15) is 0 Å². The van der Waals surface area contributed by atoms with Crippen LogP contribution in [-0.4, -0.2) is 26.0 Å². The molecule has 0 aliphatic rings. The van der Waals surface area contributed by atoms with Crippen molar-refractivity contribution in [2.75, 3.05) is 5.32 Å². The fraction of sp³-hybridized carbons (Fsp3) is 0.0667. The average Bonchev–Trinajstić information content (AvgIpc) is 3.08. The monoisotopic (exact) mass is 373 g/mol. The molecule has 0 spiro atoms.